The molecule has 0 spiro atoms. The van der Waals surface area contributed by atoms with E-state index in [0.717, 1.165) is 45.8 Å². The maximum Gasteiger partial charge on any atom is 0.224 e. The molecule has 2 fully saturated rings. The van der Waals surface area contributed by atoms with Crippen molar-refractivity contribution in [3.8, 4) is 0 Å². The molecule has 1 aromatic heterocycles. The summed E-state index contributed by atoms with van der Waals surface area (Å²) in [5, 5.41) is 4.05. The monoisotopic (exact) mass is 307 g/mol. The Labute approximate surface area is 131 Å². The van der Waals surface area contributed by atoms with Crippen molar-refractivity contribution in [2.24, 2.45) is 5.92 Å². The Balaban J connectivity index is 1.54. The molecular formula is C15H25N5O2. The summed E-state index contributed by atoms with van der Waals surface area (Å²) in [6, 6.07) is 0.490. The fourth-order valence-electron chi connectivity index (χ4n) is 3.50. The molecule has 1 aromatic rings. The highest BCUT2D eigenvalue weighted by molar-refractivity contribution is 5.76. The molecule has 2 atom stereocenters. The molecule has 0 N–H and O–H groups in total. The van der Waals surface area contributed by atoms with Crippen LogP contribution in [-0.4, -0.2) is 75.9 Å². The molecule has 2 aliphatic rings. The van der Waals surface area contributed by atoms with Crippen LogP contribution in [0.4, 0.5) is 0 Å². The predicted octanol–water partition coefficient (Wildman–Crippen LogP) is 0.237. The number of rotatable bonds is 5. The largest absolute Gasteiger partial charge is 0.379 e. The summed E-state index contributed by atoms with van der Waals surface area (Å²) < 4.78 is 7.16. The van der Waals surface area contributed by atoms with Crippen LogP contribution in [0.5, 0.6) is 0 Å². The van der Waals surface area contributed by atoms with E-state index in [-0.39, 0.29) is 5.91 Å². The summed E-state index contributed by atoms with van der Waals surface area (Å²) in [6.07, 6.45) is 4.77. The Morgan fingerprint density at radius 2 is 2.14 bits per heavy atom. The van der Waals surface area contributed by atoms with Gasteiger partial charge in [0, 0.05) is 38.6 Å². The molecule has 0 aliphatic carbocycles. The van der Waals surface area contributed by atoms with Crippen LogP contribution >= 0.6 is 0 Å². The van der Waals surface area contributed by atoms with Gasteiger partial charge < -0.3 is 9.64 Å². The van der Waals surface area contributed by atoms with Gasteiger partial charge >= 0.3 is 0 Å². The van der Waals surface area contributed by atoms with Crippen LogP contribution in [0.1, 0.15) is 19.8 Å². The van der Waals surface area contributed by atoms with E-state index in [2.05, 4.69) is 21.9 Å². The first kappa shape index (κ1) is 15.4. The molecule has 7 heteroatoms. The van der Waals surface area contributed by atoms with Gasteiger partial charge in [0.15, 0.2) is 0 Å². The first-order chi connectivity index (χ1) is 10.8. The first-order valence-corrected chi connectivity index (χ1v) is 8.20. The molecule has 0 aromatic carbocycles. The minimum Gasteiger partial charge on any atom is -0.379 e. The van der Waals surface area contributed by atoms with Gasteiger partial charge in [0.1, 0.15) is 12.7 Å². The minimum absolute atomic E-state index is 0.227. The number of carbonyl (C=O) groups excluding carboxylic acids is 1. The normalized spacial score (nSPS) is 26.5. The van der Waals surface area contributed by atoms with E-state index in [4.69, 9.17) is 4.74 Å². The summed E-state index contributed by atoms with van der Waals surface area (Å²) in [5.74, 6) is 0.804. The third-order valence-electron chi connectivity index (χ3n) is 4.82. The molecule has 1 amide bonds. The lowest BCUT2D eigenvalue weighted by Crippen LogP contribution is -2.47. The maximum absolute atomic E-state index is 12.5. The van der Waals surface area contributed by atoms with E-state index in [1.807, 2.05) is 4.90 Å². The van der Waals surface area contributed by atoms with Crippen molar-refractivity contribution in [2.45, 2.75) is 32.4 Å². The van der Waals surface area contributed by atoms with Crippen LogP contribution in [0.25, 0.3) is 0 Å². The zero-order valence-corrected chi connectivity index (χ0v) is 13.2. The summed E-state index contributed by atoms with van der Waals surface area (Å²) in [5.41, 5.74) is 0. The Morgan fingerprint density at radius 1 is 1.32 bits per heavy atom. The summed E-state index contributed by atoms with van der Waals surface area (Å²) in [6.45, 7) is 8.17. The second-order valence-electron chi connectivity index (χ2n) is 6.09. The minimum atomic E-state index is 0.227. The molecule has 7 nitrogen and oxygen atoms in total. The molecule has 0 bridgehead atoms. The number of carbonyl (C=O) groups is 1. The number of hydrogen-bond acceptors (Lipinski definition) is 5. The highest BCUT2D eigenvalue weighted by Gasteiger charge is 2.37. The highest BCUT2D eigenvalue weighted by Crippen LogP contribution is 2.26. The summed E-state index contributed by atoms with van der Waals surface area (Å²) in [4.78, 5) is 20.9. The number of morpholine rings is 1. The molecule has 122 valence electrons. The predicted molar refractivity (Wildman–Crippen MR) is 81.2 cm³/mol. The lowest BCUT2D eigenvalue weighted by molar-refractivity contribution is -0.130. The Kier molecular flexibility index (Phi) is 5.04. The van der Waals surface area contributed by atoms with Gasteiger partial charge in [0.2, 0.25) is 5.91 Å². The number of aryl methyl sites for hydroxylation is 1. The molecule has 0 unspecified atom stereocenters. The van der Waals surface area contributed by atoms with E-state index < -0.39 is 0 Å². The van der Waals surface area contributed by atoms with Gasteiger partial charge in [-0.05, 0) is 5.92 Å². The Hall–Kier alpha value is -1.47. The van der Waals surface area contributed by atoms with Gasteiger partial charge in [-0.2, -0.15) is 5.10 Å². The lowest BCUT2D eigenvalue weighted by atomic mass is 9.99. The van der Waals surface area contributed by atoms with E-state index in [9.17, 15) is 4.79 Å². The molecule has 3 rings (SSSR count). The van der Waals surface area contributed by atoms with Crippen LogP contribution in [0, 0.1) is 5.92 Å². The van der Waals surface area contributed by atoms with E-state index in [1.165, 1.54) is 6.33 Å². The zero-order chi connectivity index (χ0) is 15.4. The zero-order valence-electron chi connectivity index (χ0n) is 13.2. The van der Waals surface area contributed by atoms with Gasteiger partial charge in [-0.25, -0.2) is 4.98 Å². The standard InChI is InChI=1S/C15H25N5O2/c1-2-13-9-19(10-14(13)18-5-7-22-8-6-18)15(21)3-4-20-12-16-11-17-20/h11-14H,2-10H2,1H3/t13-,14+/m0/s1. The summed E-state index contributed by atoms with van der Waals surface area (Å²) in [7, 11) is 0. The highest BCUT2D eigenvalue weighted by atomic mass is 16.5. The van der Waals surface area contributed by atoms with Crippen LogP contribution < -0.4 is 0 Å². The quantitative estimate of drug-likeness (QED) is 0.779. The van der Waals surface area contributed by atoms with Crippen LogP contribution in [-0.2, 0) is 16.1 Å². The Morgan fingerprint density at radius 3 is 2.82 bits per heavy atom. The number of hydrogen-bond donors (Lipinski definition) is 0. The number of nitrogens with zero attached hydrogens (tertiary/aromatic N) is 5. The summed E-state index contributed by atoms with van der Waals surface area (Å²) >= 11 is 0. The fourth-order valence-corrected chi connectivity index (χ4v) is 3.50. The van der Waals surface area contributed by atoms with E-state index >= 15 is 0 Å². The maximum atomic E-state index is 12.5. The van der Waals surface area contributed by atoms with Crippen molar-refractivity contribution in [3.63, 3.8) is 0 Å². The van der Waals surface area contributed by atoms with Gasteiger partial charge in [0.05, 0.1) is 19.8 Å². The lowest BCUT2D eigenvalue weighted by Gasteiger charge is -2.34. The van der Waals surface area contributed by atoms with Gasteiger partial charge in [-0.1, -0.05) is 13.3 Å². The average molecular weight is 307 g/mol. The second kappa shape index (κ2) is 7.19. The van der Waals surface area contributed by atoms with Crippen LogP contribution in [0.3, 0.4) is 0 Å². The SMILES string of the molecule is CC[C@H]1CN(C(=O)CCn2cncn2)C[C@H]1N1CCOCC1. The molecular weight excluding hydrogens is 282 g/mol. The van der Waals surface area contributed by atoms with Gasteiger partial charge in [-0.3, -0.25) is 14.4 Å². The topological polar surface area (TPSA) is 63.5 Å². The van der Waals surface area contributed by atoms with Crippen molar-refractivity contribution < 1.29 is 9.53 Å². The van der Waals surface area contributed by atoms with Crippen molar-refractivity contribution in [2.75, 3.05) is 39.4 Å². The molecule has 3 heterocycles. The molecule has 2 saturated heterocycles. The molecule has 0 radical (unpaired) electrons. The molecule has 0 saturated carbocycles. The van der Waals surface area contributed by atoms with Gasteiger partial charge in [-0.15, -0.1) is 0 Å². The third-order valence-corrected chi connectivity index (χ3v) is 4.82. The van der Waals surface area contributed by atoms with Crippen molar-refractivity contribution >= 4 is 5.91 Å². The third kappa shape index (κ3) is 3.47. The smallest absolute Gasteiger partial charge is 0.224 e. The molecule has 2 aliphatic heterocycles. The van der Waals surface area contributed by atoms with E-state index in [1.54, 1.807) is 11.0 Å². The van der Waals surface area contributed by atoms with Crippen molar-refractivity contribution in [3.05, 3.63) is 12.7 Å². The van der Waals surface area contributed by atoms with E-state index in [0.29, 0.717) is 24.9 Å². The number of likely N-dealkylation sites (tertiary alicyclic amines) is 1. The number of ether oxygens (including phenoxy) is 1. The fraction of sp³-hybridized carbons (Fsp3) is 0.800. The first-order valence-electron chi connectivity index (χ1n) is 8.20. The number of amides is 1. The van der Waals surface area contributed by atoms with Gasteiger partial charge in [0.25, 0.3) is 0 Å². The van der Waals surface area contributed by atoms with Crippen molar-refractivity contribution in [1.82, 2.24) is 24.6 Å². The average Bonchev–Trinajstić information content (AvgIpc) is 3.22. The van der Waals surface area contributed by atoms with Crippen molar-refractivity contribution in [1.29, 1.82) is 0 Å². The number of aromatic nitrogens is 3. The van der Waals surface area contributed by atoms with Crippen LogP contribution in [0.15, 0.2) is 12.7 Å². The Bertz CT molecular complexity index is 472. The van der Waals surface area contributed by atoms with Crippen LogP contribution in [0.2, 0.25) is 0 Å². The molecule has 22 heavy (non-hydrogen) atoms. The second-order valence-corrected chi connectivity index (χ2v) is 6.09.